The summed E-state index contributed by atoms with van der Waals surface area (Å²) in [4.78, 5) is 0. The Bertz CT molecular complexity index is 170. The molecule has 4 N–H and O–H groups in total. The van der Waals surface area contributed by atoms with E-state index in [0.717, 1.165) is 38.8 Å². The molecule has 1 aliphatic heterocycles. The minimum atomic E-state index is -0.569. The molecule has 1 rings (SSSR count). The lowest BCUT2D eigenvalue weighted by Crippen LogP contribution is -2.51. The molecule has 0 saturated carbocycles. The minimum absolute atomic E-state index is 0.126. The van der Waals surface area contributed by atoms with Crippen LogP contribution in [-0.2, 0) is 0 Å². The highest BCUT2D eigenvalue weighted by molar-refractivity contribution is 4.97. The van der Waals surface area contributed by atoms with E-state index in [1.165, 1.54) is 0 Å². The molecule has 0 bridgehead atoms. The molecule has 3 nitrogen and oxygen atoms in total. The molecule has 1 heterocycles. The Labute approximate surface area is 87.1 Å². The van der Waals surface area contributed by atoms with Gasteiger partial charge < -0.3 is 16.2 Å². The van der Waals surface area contributed by atoms with E-state index in [1.807, 2.05) is 0 Å². The lowest BCUT2D eigenvalue weighted by atomic mass is 9.68. The molecule has 1 saturated heterocycles. The third-order valence-electron chi connectivity index (χ3n) is 4.01. The highest BCUT2D eigenvalue weighted by Gasteiger charge is 2.44. The Kier molecular flexibility index (Phi) is 3.93. The number of hydrogen-bond donors (Lipinski definition) is 3. The van der Waals surface area contributed by atoms with Crippen LogP contribution in [0.2, 0.25) is 0 Å². The van der Waals surface area contributed by atoms with Crippen LogP contribution >= 0.6 is 0 Å². The maximum Gasteiger partial charge on any atom is 0.0725 e. The van der Waals surface area contributed by atoms with Gasteiger partial charge in [0.15, 0.2) is 0 Å². The number of nitrogens with one attached hydrogen (secondary N) is 1. The molecule has 14 heavy (non-hydrogen) atoms. The van der Waals surface area contributed by atoms with Crippen LogP contribution in [0.3, 0.4) is 0 Å². The summed E-state index contributed by atoms with van der Waals surface area (Å²) in [7, 11) is 0. The van der Waals surface area contributed by atoms with Crippen LogP contribution in [0, 0.1) is 5.41 Å². The van der Waals surface area contributed by atoms with Crippen molar-refractivity contribution in [2.24, 2.45) is 11.1 Å². The van der Waals surface area contributed by atoms with Crippen LogP contribution < -0.4 is 11.1 Å². The van der Waals surface area contributed by atoms with Gasteiger partial charge in [-0.2, -0.15) is 0 Å². The van der Waals surface area contributed by atoms with E-state index in [9.17, 15) is 5.11 Å². The van der Waals surface area contributed by atoms with Crippen molar-refractivity contribution in [3.05, 3.63) is 0 Å². The van der Waals surface area contributed by atoms with Crippen molar-refractivity contribution < 1.29 is 5.11 Å². The van der Waals surface area contributed by atoms with E-state index in [0.29, 0.717) is 6.54 Å². The second kappa shape index (κ2) is 4.60. The Morgan fingerprint density at radius 2 is 2.14 bits per heavy atom. The topological polar surface area (TPSA) is 58.3 Å². The maximum atomic E-state index is 10.7. The highest BCUT2D eigenvalue weighted by atomic mass is 16.3. The third kappa shape index (κ3) is 2.10. The minimum Gasteiger partial charge on any atom is -0.389 e. The molecular weight excluding hydrogens is 176 g/mol. The Morgan fingerprint density at radius 1 is 1.43 bits per heavy atom. The van der Waals surface area contributed by atoms with Crippen molar-refractivity contribution in [3.63, 3.8) is 0 Å². The normalized spacial score (nSPS) is 33.4. The fourth-order valence-corrected chi connectivity index (χ4v) is 2.32. The molecule has 84 valence electrons. The molecule has 1 fully saturated rings. The van der Waals surface area contributed by atoms with Crippen LogP contribution in [0.25, 0.3) is 0 Å². The van der Waals surface area contributed by atoms with Gasteiger partial charge in [-0.1, -0.05) is 13.8 Å². The first kappa shape index (κ1) is 12.0. The zero-order valence-corrected chi connectivity index (χ0v) is 9.47. The first-order chi connectivity index (χ1) is 6.58. The van der Waals surface area contributed by atoms with Crippen molar-refractivity contribution >= 4 is 0 Å². The van der Waals surface area contributed by atoms with E-state index in [-0.39, 0.29) is 5.41 Å². The summed E-state index contributed by atoms with van der Waals surface area (Å²) in [5, 5.41) is 14.0. The van der Waals surface area contributed by atoms with Gasteiger partial charge in [0.2, 0.25) is 0 Å². The summed E-state index contributed by atoms with van der Waals surface area (Å²) >= 11 is 0. The summed E-state index contributed by atoms with van der Waals surface area (Å²) < 4.78 is 0. The maximum absolute atomic E-state index is 10.7. The van der Waals surface area contributed by atoms with E-state index in [1.54, 1.807) is 0 Å². The molecule has 0 aliphatic carbocycles. The van der Waals surface area contributed by atoms with Gasteiger partial charge in [0.25, 0.3) is 0 Å². The largest absolute Gasteiger partial charge is 0.389 e. The number of rotatable bonds is 3. The van der Waals surface area contributed by atoms with Crippen LogP contribution in [-0.4, -0.2) is 30.3 Å². The Morgan fingerprint density at radius 3 is 2.71 bits per heavy atom. The summed E-state index contributed by atoms with van der Waals surface area (Å²) in [6.45, 7) is 6.72. The molecule has 0 aromatic rings. The quantitative estimate of drug-likeness (QED) is 0.633. The predicted molar refractivity (Wildman–Crippen MR) is 59.1 cm³/mol. The van der Waals surface area contributed by atoms with Crippen molar-refractivity contribution in [2.75, 3.05) is 19.6 Å². The monoisotopic (exact) mass is 200 g/mol. The van der Waals surface area contributed by atoms with E-state index in [4.69, 9.17) is 5.73 Å². The van der Waals surface area contributed by atoms with Gasteiger partial charge in [-0.05, 0) is 38.8 Å². The molecule has 0 radical (unpaired) electrons. The first-order valence-electron chi connectivity index (χ1n) is 5.71. The van der Waals surface area contributed by atoms with Crippen LogP contribution in [0.1, 0.15) is 39.5 Å². The van der Waals surface area contributed by atoms with E-state index in [2.05, 4.69) is 19.2 Å². The summed E-state index contributed by atoms with van der Waals surface area (Å²) in [6, 6.07) is 0. The lowest BCUT2D eigenvalue weighted by molar-refractivity contribution is -0.0825. The molecule has 3 heteroatoms. The van der Waals surface area contributed by atoms with Crippen LogP contribution in [0.4, 0.5) is 0 Å². The van der Waals surface area contributed by atoms with Crippen molar-refractivity contribution in [2.45, 2.75) is 45.1 Å². The van der Waals surface area contributed by atoms with Crippen LogP contribution in [0.5, 0.6) is 0 Å². The van der Waals surface area contributed by atoms with Crippen LogP contribution in [0.15, 0.2) is 0 Å². The fourth-order valence-electron chi connectivity index (χ4n) is 2.32. The predicted octanol–water partition coefficient (Wildman–Crippen LogP) is 0.866. The van der Waals surface area contributed by atoms with E-state index >= 15 is 0 Å². The smallest absolute Gasteiger partial charge is 0.0725 e. The summed E-state index contributed by atoms with van der Waals surface area (Å²) in [5.74, 6) is 0. The van der Waals surface area contributed by atoms with Crippen molar-refractivity contribution in [1.29, 1.82) is 0 Å². The zero-order valence-electron chi connectivity index (χ0n) is 9.47. The van der Waals surface area contributed by atoms with Gasteiger partial charge in [-0.15, -0.1) is 0 Å². The molecule has 0 aromatic carbocycles. The molecule has 1 aliphatic rings. The second-order valence-electron chi connectivity index (χ2n) is 4.75. The molecule has 2 unspecified atom stereocenters. The number of aliphatic hydroxyl groups is 1. The Hall–Kier alpha value is -0.120. The molecule has 0 spiro atoms. The SMILES string of the molecule is CCC(C)(CN)C1(O)CCCNCC1. The standard InChI is InChI=1S/C11H24N2O/c1-3-10(2,9-12)11(14)5-4-7-13-8-6-11/h13-14H,3-9,12H2,1-2H3. The third-order valence-corrected chi connectivity index (χ3v) is 4.01. The second-order valence-corrected chi connectivity index (χ2v) is 4.75. The molecule has 0 aromatic heterocycles. The summed E-state index contributed by atoms with van der Waals surface area (Å²) in [6.07, 6.45) is 3.70. The Balaban J connectivity index is 2.78. The van der Waals surface area contributed by atoms with Crippen molar-refractivity contribution in [3.8, 4) is 0 Å². The molecule has 0 amide bonds. The highest BCUT2D eigenvalue weighted by Crippen LogP contribution is 2.40. The van der Waals surface area contributed by atoms with Gasteiger partial charge >= 0.3 is 0 Å². The lowest BCUT2D eigenvalue weighted by Gasteiger charge is -2.44. The van der Waals surface area contributed by atoms with Gasteiger partial charge in [-0.25, -0.2) is 0 Å². The van der Waals surface area contributed by atoms with Crippen molar-refractivity contribution in [1.82, 2.24) is 5.32 Å². The average Bonchev–Trinajstić information content (AvgIpc) is 2.43. The average molecular weight is 200 g/mol. The molecule has 2 atom stereocenters. The fraction of sp³-hybridized carbons (Fsp3) is 1.00. The van der Waals surface area contributed by atoms with Gasteiger partial charge in [-0.3, -0.25) is 0 Å². The number of nitrogens with two attached hydrogens (primary N) is 1. The summed E-state index contributed by atoms with van der Waals surface area (Å²) in [5.41, 5.74) is 5.11. The zero-order chi connectivity index (χ0) is 10.7. The van der Waals surface area contributed by atoms with E-state index < -0.39 is 5.60 Å². The van der Waals surface area contributed by atoms with Gasteiger partial charge in [0.05, 0.1) is 5.60 Å². The number of hydrogen-bond acceptors (Lipinski definition) is 3. The van der Waals surface area contributed by atoms with Gasteiger partial charge in [0.1, 0.15) is 0 Å². The van der Waals surface area contributed by atoms with Gasteiger partial charge in [0, 0.05) is 12.0 Å². The molecular formula is C11H24N2O. The first-order valence-corrected chi connectivity index (χ1v) is 5.71.